The summed E-state index contributed by atoms with van der Waals surface area (Å²) in [6.45, 7) is 0.356. The molecule has 1 fully saturated rings. The van der Waals surface area contributed by atoms with E-state index in [1.807, 2.05) is 0 Å². The molecule has 6 nitrogen and oxygen atoms in total. The summed E-state index contributed by atoms with van der Waals surface area (Å²) in [5, 5.41) is 3.82. The van der Waals surface area contributed by atoms with E-state index in [2.05, 4.69) is 10.1 Å². The smallest absolute Gasteiger partial charge is 0.416 e. The average molecular weight is 433 g/mol. The van der Waals surface area contributed by atoms with Gasteiger partial charge in [0.05, 0.1) is 11.8 Å². The van der Waals surface area contributed by atoms with Gasteiger partial charge in [-0.05, 0) is 37.1 Å². The van der Waals surface area contributed by atoms with Crippen LogP contribution in [-0.4, -0.2) is 33.5 Å². The summed E-state index contributed by atoms with van der Waals surface area (Å²) in [4.78, 5) is 19.0. The Hall–Kier alpha value is -3.10. The molecule has 4 rings (SSSR count). The number of aromatic nitrogens is 2. The maximum atomic E-state index is 13.0. The molecular weight excluding hydrogens is 411 g/mol. The second kappa shape index (κ2) is 8.95. The number of hydrogen-bond acceptors (Lipinski definition) is 5. The summed E-state index contributed by atoms with van der Waals surface area (Å²) in [6, 6.07) is 8.20. The Kier molecular flexibility index (Phi) is 6.11. The Labute approximate surface area is 177 Å². The normalized spacial score (nSPS) is 15.2. The van der Waals surface area contributed by atoms with Gasteiger partial charge in [-0.2, -0.15) is 18.2 Å². The van der Waals surface area contributed by atoms with Crippen LogP contribution >= 0.6 is 0 Å². The molecule has 9 heteroatoms. The lowest BCUT2D eigenvalue weighted by Crippen LogP contribution is -2.42. The molecule has 0 radical (unpaired) electrons. The Balaban J connectivity index is 1.48. The SMILES string of the molecule is O=C(c1ccco1)N(CCc1nc(-c2cccc(C(F)(F)F)c2)no1)C1CCCCC1. The Morgan fingerprint density at radius 2 is 1.94 bits per heavy atom. The molecule has 164 valence electrons. The minimum atomic E-state index is -4.45. The predicted molar refractivity (Wildman–Crippen MR) is 105 cm³/mol. The predicted octanol–water partition coefficient (Wildman–Crippen LogP) is 5.37. The topological polar surface area (TPSA) is 72.4 Å². The van der Waals surface area contributed by atoms with Crippen LogP contribution in [0.3, 0.4) is 0 Å². The standard InChI is InChI=1S/C22H22F3N3O3/c23-22(24,25)16-7-4-6-15(14-16)20-26-19(31-27-20)11-12-28(17-8-2-1-3-9-17)21(29)18-10-5-13-30-18/h4-7,10,13-14,17H,1-3,8-9,11-12H2. The first-order valence-electron chi connectivity index (χ1n) is 10.3. The maximum Gasteiger partial charge on any atom is 0.416 e. The van der Waals surface area contributed by atoms with Gasteiger partial charge in [0.2, 0.25) is 11.7 Å². The molecular formula is C22H22F3N3O3. The largest absolute Gasteiger partial charge is 0.459 e. The highest BCUT2D eigenvalue weighted by Gasteiger charge is 2.31. The highest BCUT2D eigenvalue weighted by molar-refractivity contribution is 5.91. The molecule has 0 N–H and O–H groups in total. The lowest BCUT2D eigenvalue weighted by Gasteiger charge is -2.33. The van der Waals surface area contributed by atoms with Crippen LogP contribution in [0.1, 0.15) is 54.1 Å². The van der Waals surface area contributed by atoms with Gasteiger partial charge in [-0.25, -0.2) is 0 Å². The van der Waals surface area contributed by atoms with Crippen LogP contribution in [-0.2, 0) is 12.6 Å². The van der Waals surface area contributed by atoms with Crippen LogP contribution in [0.2, 0.25) is 0 Å². The lowest BCUT2D eigenvalue weighted by molar-refractivity contribution is -0.137. The van der Waals surface area contributed by atoms with Crippen molar-refractivity contribution in [1.82, 2.24) is 15.0 Å². The molecule has 1 aliphatic carbocycles. The van der Waals surface area contributed by atoms with Crippen molar-refractivity contribution in [1.29, 1.82) is 0 Å². The summed E-state index contributed by atoms with van der Waals surface area (Å²) in [5.41, 5.74) is -0.551. The second-order valence-corrected chi connectivity index (χ2v) is 7.61. The molecule has 0 unspecified atom stereocenters. The third-order valence-corrected chi connectivity index (χ3v) is 5.49. The van der Waals surface area contributed by atoms with Gasteiger partial charge in [-0.1, -0.05) is 36.6 Å². The summed E-state index contributed by atoms with van der Waals surface area (Å²) in [6.07, 6.45) is 2.44. The van der Waals surface area contributed by atoms with Gasteiger partial charge in [0.25, 0.3) is 5.91 Å². The summed E-state index contributed by atoms with van der Waals surface area (Å²) in [5.74, 6) is 0.443. The molecule has 1 aliphatic rings. The van der Waals surface area contributed by atoms with Crippen molar-refractivity contribution in [3.63, 3.8) is 0 Å². The van der Waals surface area contributed by atoms with Gasteiger partial charge in [0, 0.05) is 24.6 Å². The number of hydrogen-bond donors (Lipinski definition) is 0. The summed E-state index contributed by atoms with van der Waals surface area (Å²) < 4.78 is 49.4. The van der Waals surface area contributed by atoms with E-state index < -0.39 is 11.7 Å². The number of nitrogens with zero attached hydrogens (tertiary/aromatic N) is 3. The second-order valence-electron chi connectivity index (χ2n) is 7.61. The van der Waals surface area contributed by atoms with Crippen LogP contribution in [0.25, 0.3) is 11.4 Å². The molecule has 0 aliphatic heterocycles. The van der Waals surface area contributed by atoms with E-state index in [0.29, 0.717) is 13.0 Å². The minimum Gasteiger partial charge on any atom is -0.459 e. The molecule has 0 saturated heterocycles. The van der Waals surface area contributed by atoms with Crippen molar-refractivity contribution in [3.8, 4) is 11.4 Å². The van der Waals surface area contributed by atoms with Crippen molar-refractivity contribution < 1.29 is 26.9 Å². The monoisotopic (exact) mass is 433 g/mol. The molecule has 1 aromatic carbocycles. The zero-order valence-corrected chi connectivity index (χ0v) is 16.8. The number of furan rings is 1. The number of alkyl halides is 3. The molecule has 0 atom stereocenters. The van der Waals surface area contributed by atoms with Crippen LogP contribution in [0, 0.1) is 0 Å². The zero-order chi connectivity index (χ0) is 21.8. The molecule has 1 saturated carbocycles. The molecule has 1 amide bonds. The van der Waals surface area contributed by atoms with E-state index in [9.17, 15) is 18.0 Å². The number of rotatable bonds is 6. The van der Waals surface area contributed by atoms with Crippen LogP contribution < -0.4 is 0 Å². The maximum absolute atomic E-state index is 13.0. The first-order chi connectivity index (χ1) is 14.9. The minimum absolute atomic E-state index is 0.0858. The van der Waals surface area contributed by atoms with Gasteiger partial charge in [-0.3, -0.25) is 4.79 Å². The highest BCUT2D eigenvalue weighted by Crippen LogP contribution is 2.31. The molecule has 0 spiro atoms. The Morgan fingerprint density at radius 1 is 1.13 bits per heavy atom. The number of halogens is 3. The lowest BCUT2D eigenvalue weighted by atomic mass is 9.94. The third kappa shape index (κ3) is 4.98. The zero-order valence-electron chi connectivity index (χ0n) is 16.8. The summed E-state index contributed by atoms with van der Waals surface area (Å²) >= 11 is 0. The summed E-state index contributed by atoms with van der Waals surface area (Å²) in [7, 11) is 0. The number of benzene rings is 1. The fraction of sp³-hybridized carbons (Fsp3) is 0.409. The van der Waals surface area contributed by atoms with E-state index in [1.165, 1.54) is 18.4 Å². The molecule has 31 heavy (non-hydrogen) atoms. The van der Waals surface area contributed by atoms with E-state index in [-0.39, 0.29) is 35.0 Å². The van der Waals surface area contributed by atoms with Gasteiger partial charge < -0.3 is 13.8 Å². The molecule has 0 bridgehead atoms. The van der Waals surface area contributed by atoms with E-state index >= 15 is 0 Å². The third-order valence-electron chi connectivity index (χ3n) is 5.49. The van der Waals surface area contributed by atoms with Crippen molar-refractivity contribution >= 4 is 5.91 Å². The van der Waals surface area contributed by atoms with Crippen LogP contribution in [0.5, 0.6) is 0 Å². The van der Waals surface area contributed by atoms with Crippen molar-refractivity contribution in [2.24, 2.45) is 0 Å². The fourth-order valence-electron chi connectivity index (χ4n) is 3.91. The Bertz CT molecular complexity index is 1010. The first kappa shape index (κ1) is 21.1. The Morgan fingerprint density at radius 3 is 2.65 bits per heavy atom. The van der Waals surface area contributed by atoms with Crippen molar-refractivity contribution in [2.45, 2.75) is 50.7 Å². The molecule has 2 aromatic heterocycles. The van der Waals surface area contributed by atoms with Crippen molar-refractivity contribution in [3.05, 3.63) is 59.9 Å². The van der Waals surface area contributed by atoms with Crippen LogP contribution in [0.15, 0.2) is 51.6 Å². The van der Waals surface area contributed by atoms with Crippen LogP contribution in [0.4, 0.5) is 13.2 Å². The molecule has 2 heterocycles. The molecule has 3 aromatic rings. The average Bonchev–Trinajstić information content (AvgIpc) is 3.47. The van der Waals surface area contributed by atoms with Gasteiger partial charge in [0.15, 0.2) is 5.76 Å². The van der Waals surface area contributed by atoms with E-state index in [0.717, 1.165) is 44.2 Å². The van der Waals surface area contributed by atoms with E-state index in [4.69, 9.17) is 8.94 Å². The highest BCUT2D eigenvalue weighted by atomic mass is 19.4. The number of carbonyl (C=O) groups excluding carboxylic acids is 1. The van der Waals surface area contributed by atoms with E-state index in [1.54, 1.807) is 17.0 Å². The van der Waals surface area contributed by atoms with Gasteiger partial charge >= 0.3 is 6.18 Å². The first-order valence-corrected chi connectivity index (χ1v) is 10.3. The quantitative estimate of drug-likeness (QED) is 0.523. The number of amides is 1. The van der Waals surface area contributed by atoms with Gasteiger partial charge in [0.1, 0.15) is 0 Å². The van der Waals surface area contributed by atoms with Crippen molar-refractivity contribution in [2.75, 3.05) is 6.54 Å². The number of carbonyl (C=O) groups is 1. The fourth-order valence-corrected chi connectivity index (χ4v) is 3.91. The van der Waals surface area contributed by atoms with Gasteiger partial charge in [-0.15, -0.1) is 0 Å².